The van der Waals surface area contributed by atoms with Gasteiger partial charge in [0.05, 0.1) is 0 Å². The second-order valence-corrected chi connectivity index (χ2v) is 10.7. The molecule has 0 aromatic rings. The highest BCUT2D eigenvalue weighted by Crippen LogP contribution is 2.68. The summed E-state index contributed by atoms with van der Waals surface area (Å²) in [6, 6.07) is 0. The molecule has 0 heterocycles. The largest absolute Gasteiger partial charge is 0.478 e. The summed E-state index contributed by atoms with van der Waals surface area (Å²) in [5.41, 5.74) is 1.05. The molecule has 0 spiro atoms. The first-order valence-electron chi connectivity index (χ1n) is 11.3. The van der Waals surface area contributed by atoms with Gasteiger partial charge in [0.15, 0.2) is 0 Å². The Kier molecular flexibility index (Phi) is 4.77. The van der Waals surface area contributed by atoms with E-state index in [1.165, 1.54) is 70.3 Å². The van der Waals surface area contributed by atoms with Crippen LogP contribution in [0.2, 0.25) is 0 Å². The van der Waals surface area contributed by atoms with Gasteiger partial charge in [0.2, 0.25) is 0 Å². The molecule has 4 rings (SSSR count). The predicted octanol–water partition coefficient (Wildman–Crippen LogP) is 6.31. The highest BCUT2D eigenvalue weighted by atomic mass is 16.4. The first-order valence-corrected chi connectivity index (χ1v) is 11.3. The third-order valence-corrected chi connectivity index (χ3v) is 9.83. The molecule has 0 radical (unpaired) electrons. The Morgan fingerprint density at radius 2 is 1.73 bits per heavy atom. The van der Waals surface area contributed by atoms with Crippen LogP contribution < -0.4 is 0 Å². The van der Waals surface area contributed by atoms with Gasteiger partial charge in [-0.1, -0.05) is 39.7 Å². The fourth-order valence-corrected chi connectivity index (χ4v) is 8.57. The van der Waals surface area contributed by atoms with Crippen molar-refractivity contribution in [1.29, 1.82) is 0 Å². The summed E-state index contributed by atoms with van der Waals surface area (Å²) in [6.07, 6.45) is 17.7. The molecule has 2 unspecified atom stereocenters. The number of allylic oxidation sites excluding steroid dienone is 1. The van der Waals surface area contributed by atoms with Gasteiger partial charge in [-0.25, -0.2) is 4.79 Å². The fraction of sp³-hybridized carbons (Fsp3) is 0.875. The Bertz CT molecular complexity index is 581. The van der Waals surface area contributed by atoms with Crippen LogP contribution in [0.1, 0.15) is 85.0 Å². The average Bonchev–Trinajstić information content (AvgIpc) is 2.96. The predicted molar refractivity (Wildman–Crippen MR) is 106 cm³/mol. The standard InChI is InChI=1S/C24H38O2/c1-16(7-12-22(25)26)19-10-11-20-18-9-8-17-6-4-5-14-23(17,2)21(18)13-15-24(19,20)3/h7,12,16-21H,4-6,8-11,13-15H2,1-3H3,(H,25,26)/t16?,17?,18-,19+,20-,21-,23-,24+/m0/s1. The molecular weight excluding hydrogens is 320 g/mol. The average molecular weight is 359 g/mol. The van der Waals surface area contributed by atoms with E-state index in [0.717, 1.165) is 23.7 Å². The van der Waals surface area contributed by atoms with Gasteiger partial charge >= 0.3 is 5.97 Å². The molecular formula is C24H38O2. The summed E-state index contributed by atoms with van der Waals surface area (Å²) >= 11 is 0. The monoisotopic (exact) mass is 358 g/mol. The molecule has 8 atom stereocenters. The second kappa shape index (κ2) is 6.67. The van der Waals surface area contributed by atoms with Crippen LogP contribution in [-0.2, 0) is 4.79 Å². The van der Waals surface area contributed by atoms with Crippen molar-refractivity contribution in [3.05, 3.63) is 12.2 Å². The lowest BCUT2D eigenvalue weighted by Gasteiger charge is -2.60. The van der Waals surface area contributed by atoms with E-state index in [9.17, 15) is 4.79 Å². The van der Waals surface area contributed by atoms with E-state index in [1.54, 1.807) is 0 Å². The van der Waals surface area contributed by atoms with Gasteiger partial charge in [0.25, 0.3) is 0 Å². The van der Waals surface area contributed by atoms with Crippen LogP contribution in [0.25, 0.3) is 0 Å². The summed E-state index contributed by atoms with van der Waals surface area (Å²) in [7, 11) is 0. The van der Waals surface area contributed by atoms with Crippen LogP contribution in [0, 0.1) is 46.3 Å². The Balaban J connectivity index is 1.55. The summed E-state index contributed by atoms with van der Waals surface area (Å²) in [6.45, 7) is 7.47. The first kappa shape index (κ1) is 18.6. The quantitative estimate of drug-likeness (QED) is 0.600. The molecule has 146 valence electrons. The SMILES string of the molecule is CC(C=CC(=O)O)[C@H]1CC[C@H]2[C@@H]3CCC4CCCC[C@]4(C)[C@H]3CC[C@]12C. The van der Waals surface area contributed by atoms with Crippen molar-refractivity contribution in [3.63, 3.8) is 0 Å². The highest BCUT2D eigenvalue weighted by molar-refractivity contribution is 5.79. The maximum atomic E-state index is 11.0. The number of carboxylic acids is 1. The molecule has 4 aliphatic rings. The molecule has 2 nitrogen and oxygen atoms in total. The molecule has 0 aliphatic heterocycles. The summed E-state index contributed by atoms with van der Waals surface area (Å²) < 4.78 is 0. The van der Waals surface area contributed by atoms with Crippen LogP contribution in [-0.4, -0.2) is 11.1 Å². The highest BCUT2D eigenvalue weighted by Gasteiger charge is 2.59. The van der Waals surface area contributed by atoms with Crippen molar-refractivity contribution in [2.75, 3.05) is 0 Å². The Morgan fingerprint density at radius 1 is 0.962 bits per heavy atom. The summed E-state index contributed by atoms with van der Waals surface area (Å²) in [5.74, 6) is 4.03. The van der Waals surface area contributed by atoms with Crippen molar-refractivity contribution in [2.45, 2.75) is 85.0 Å². The smallest absolute Gasteiger partial charge is 0.327 e. The lowest BCUT2D eigenvalue weighted by molar-refractivity contribution is -0.131. The molecule has 0 bridgehead atoms. The zero-order valence-corrected chi connectivity index (χ0v) is 17.0. The molecule has 1 N–H and O–H groups in total. The number of carbonyl (C=O) groups is 1. The van der Waals surface area contributed by atoms with Gasteiger partial charge in [-0.3, -0.25) is 0 Å². The molecule has 4 saturated carbocycles. The first-order chi connectivity index (χ1) is 12.4. The summed E-state index contributed by atoms with van der Waals surface area (Å²) in [4.78, 5) is 11.0. The zero-order chi connectivity index (χ0) is 18.5. The van der Waals surface area contributed by atoms with Crippen molar-refractivity contribution in [1.82, 2.24) is 0 Å². The molecule has 26 heavy (non-hydrogen) atoms. The topological polar surface area (TPSA) is 37.3 Å². The third-order valence-electron chi connectivity index (χ3n) is 9.83. The van der Waals surface area contributed by atoms with Gasteiger partial charge in [-0.05, 0) is 97.7 Å². The number of fused-ring (bicyclic) bond motifs is 5. The van der Waals surface area contributed by atoms with Crippen molar-refractivity contribution >= 4 is 5.97 Å². The van der Waals surface area contributed by atoms with Gasteiger partial charge in [-0.2, -0.15) is 0 Å². The van der Waals surface area contributed by atoms with Gasteiger partial charge in [0.1, 0.15) is 0 Å². The molecule has 2 heteroatoms. The van der Waals surface area contributed by atoms with E-state index in [0.29, 0.717) is 22.7 Å². The van der Waals surface area contributed by atoms with E-state index in [4.69, 9.17) is 5.11 Å². The van der Waals surface area contributed by atoms with Gasteiger partial charge in [0, 0.05) is 6.08 Å². The van der Waals surface area contributed by atoms with Gasteiger partial charge < -0.3 is 5.11 Å². The van der Waals surface area contributed by atoms with E-state index >= 15 is 0 Å². The van der Waals surface area contributed by atoms with E-state index in [2.05, 4.69) is 20.8 Å². The Hall–Kier alpha value is -0.790. The third kappa shape index (κ3) is 2.78. The molecule has 4 aliphatic carbocycles. The van der Waals surface area contributed by atoms with Crippen molar-refractivity contribution in [3.8, 4) is 0 Å². The second-order valence-electron chi connectivity index (χ2n) is 10.7. The van der Waals surface area contributed by atoms with Crippen LogP contribution in [0.15, 0.2) is 12.2 Å². The maximum Gasteiger partial charge on any atom is 0.327 e. The minimum atomic E-state index is -0.802. The van der Waals surface area contributed by atoms with E-state index in [1.807, 2.05) is 6.08 Å². The normalized spacial score (nSPS) is 49.3. The van der Waals surface area contributed by atoms with Crippen LogP contribution >= 0.6 is 0 Å². The number of aliphatic carboxylic acids is 1. The van der Waals surface area contributed by atoms with E-state index < -0.39 is 5.97 Å². The molecule has 4 fully saturated rings. The minimum absolute atomic E-state index is 0.388. The van der Waals surface area contributed by atoms with Crippen LogP contribution in [0.3, 0.4) is 0 Å². The lowest BCUT2D eigenvalue weighted by Crippen LogP contribution is -2.53. The molecule has 0 aromatic heterocycles. The maximum absolute atomic E-state index is 11.0. The molecule has 0 aromatic carbocycles. The fourth-order valence-electron chi connectivity index (χ4n) is 8.57. The van der Waals surface area contributed by atoms with Crippen LogP contribution in [0.4, 0.5) is 0 Å². The van der Waals surface area contributed by atoms with E-state index in [-0.39, 0.29) is 0 Å². The number of hydrogen-bond acceptors (Lipinski definition) is 1. The zero-order valence-electron chi connectivity index (χ0n) is 17.0. The van der Waals surface area contributed by atoms with Crippen molar-refractivity contribution in [2.24, 2.45) is 46.3 Å². The Morgan fingerprint density at radius 3 is 2.50 bits per heavy atom. The van der Waals surface area contributed by atoms with Crippen molar-refractivity contribution < 1.29 is 9.90 Å². The number of rotatable bonds is 3. The Labute approximate surface area is 159 Å². The minimum Gasteiger partial charge on any atom is -0.478 e. The number of carboxylic acid groups (broad SMARTS) is 1. The molecule has 0 amide bonds. The van der Waals surface area contributed by atoms with Crippen LogP contribution in [0.5, 0.6) is 0 Å². The summed E-state index contributed by atoms with van der Waals surface area (Å²) in [5, 5.41) is 9.01. The number of hydrogen-bond donors (Lipinski definition) is 1. The van der Waals surface area contributed by atoms with Gasteiger partial charge in [-0.15, -0.1) is 0 Å². The lowest BCUT2D eigenvalue weighted by atomic mass is 9.44. The molecule has 0 saturated heterocycles.